The summed E-state index contributed by atoms with van der Waals surface area (Å²) in [6.45, 7) is 3.51. The molecule has 2 amide bonds. The van der Waals surface area contributed by atoms with Crippen LogP contribution in [0.3, 0.4) is 0 Å². The Balaban J connectivity index is 1.96. The van der Waals surface area contributed by atoms with E-state index < -0.39 is 29.7 Å². The second-order valence-electron chi connectivity index (χ2n) is 6.04. The summed E-state index contributed by atoms with van der Waals surface area (Å²) in [7, 11) is 0. The number of amides is 2. The van der Waals surface area contributed by atoms with E-state index in [-0.39, 0.29) is 18.2 Å². The Morgan fingerprint density at radius 3 is 2.38 bits per heavy atom. The molecule has 0 saturated heterocycles. The van der Waals surface area contributed by atoms with Gasteiger partial charge in [0, 0.05) is 6.07 Å². The molecule has 2 rings (SSSR count). The average molecular weight is 362 g/mol. The third kappa shape index (κ3) is 5.54. The van der Waals surface area contributed by atoms with Crippen molar-refractivity contribution < 1.29 is 23.1 Å². The fourth-order valence-electron chi connectivity index (χ4n) is 2.23. The van der Waals surface area contributed by atoms with Crippen LogP contribution in [-0.2, 0) is 16.1 Å². The van der Waals surface area contributed by atoms with Crippen molar-refractivity contribution in [3.05, 3.63) is 65.7 Å². The van der Waals surface area contributed by atoms with Gasteiger partial charge in [-0.05, 0) is 23.6 Å². The highest BCUT2D eigenvalue weighted by Gasteiger charge is 2.25. The van der Waals surface area contributed by atoms with E-state index in [9.17, 15) is 18.4 Å². The molecule has 2 aromatic carbocycles. The van der Waals surface area contributed by atoms with E-state index in [1.54, 1.807) is 26.0 Å². The van der Waals surface area contributed by atoms with Gasteiger partial charge in [0.1, 0.15) is 24.3 Å². The molecule has 0 fully saturated rings. The molecule has 0 aromatic heterocycles. The average Bonchev–Trinajstić information content (AvgIpc) is 2.60. The van der Waals surface area contributed by atoms with Crippen molar-refractivity contribution in [3.8, 4) is 0 Å². The Bertz CT molecular complexity index is 767. The number of benzene rings is 2. The van der Waals surface area contributed by atoms with Crippen LogP contribution in [0.5, 0.6) is 0 Å². The molecule has 0 aliphatic carbocycles. The minimum Gasteiger partial charge on any atom is -0.445 e. The van der Waals surface area contributed by atoms with Crippen LogP contribution in [0.4, 0.5) is 19.3 Å². The Morgan fingerprint density at radius 2 is 1.77 bits per heavy atom. The molecule has 0 bridgehead atoms. The Morgan fingerprint density at radius 1 is 1.08 bits per heavy atom. The predicted octanol–water partition coefficient (Wildman–Crippen LogP) is 3.85. The zero-order chi connectivity index (χ0) is 19.1. The number of nitrogens with one attached hydrogen (secondary N) is 2. The first-order chi connectivity index (χ1) is 12.4. The SMILES string of the molecule is CC(C)[C@H](NC(=O)OCc1ccccc1)C(=O)Nc1ccc(F)cc1F. The molecule has 138 valence electrons. The zero-order valence-electron chi connectivity index (χ0n) is 14.5. The maximum Gasteiger partial charge on any atom is 0.408 e. The fourth-order valence-corrected chi connectivity index (χ4v) is 2.23. The van der Waals surface area contributed by atoms with Gasteiger partial charge >= 0.3 is 6.09 Å². The highest BCUT2D eigenvalue weighted by molar-refractivity contribution is 5.96. The minimum absolute atomic E-state index is 0.0612. The van der Waals surface area contributed by atoms with E-state index in [1.165, 1.54) is 0 Å². The topological polar surface area (TPSA) is 67.4 Å². The largest absolute Gasteiger partial charge is 0.445 e. The minimum atomic E-state index is -0.942. The maximum atomic E-state index is 13.7. The monoisotopic (exact) mass is 362 g/mol. The Hall–Kier alpha value is -2.96. The molecular formula is C19H20F2N2O3. The van der Waals surface area contributed by atoms with Crippen LogP contribution in [0.2, 0.25) is 0 Å². The number of carbonyl (C=O) groups is 2. The number of halogens is 2. The van der Waals surface area contributed by atoms with Crippen LogP contribution in [0.25, 0.3) is 0 Å². The third-order valence-electron chi connectivity index (χ3n) is 3.62. The molecule has 2 N–H and O–H groups in total. The van der Waals surface area contributed by atoms with Crippen molar-refractivity contribution in [2.24, 2.45) is 5.92 Å². The summed E-state index contributed by atoms with van der Waals surface area (Å²) in [4.78, 5) is 24.3. The summed E-state index contributed by atoms with van der Waals surface area (Å²) in [5.41, 5.74) is 0.642. The predicted molar refractivity (Wildman–Crippen MR) is 93.4 cm³/mol. The summed E-state index contributed by atoms with van der Waals surface area (Å²) < 4.78 is 31.7. The molecule has 0 aliphatic heterocycles. The van der Waals surface area contributed by atoms with E-state index in [0.29, 0.717) is 6.07 Å². The zero-order valence-corrected chi connectivity index (χ0v) is 14.5. The summed E-state index contributed by atoms with van der Waals surface area (Å²) >= 11 is 0. The Labute approximate surface area is 150 Å². The first kappa shape index (κ1) is 19.4. The number of rotatable bonds is 6. The normalized spacial score (nSPS) is 11.7. The van der Waals surface area contributed by atoms with Crippen molar-refractivity contribution in [1.29, 1.82) is 0 Å². The molecular weight excluding hydrogens is 342 g/mol. The molecule has 1 atom stereocenters. The molecule has 0 radical (unpaired) electrons. The summed E-state index contributed by atoms with van der Waals surface area (Å²) in [6.07, 6.45) is -0.762. The molecule has 7 heteroatoms. The molecule has 5 nitrogen and oxygen atoms in total. The molecule has 0 heterocycles. The van der Waals surface area contributed by atoms with Gasteiger partial charge in [0.15, 0.2) is 0 Å². The van der Waals surface area contributed by atoms with Crippen LogP contribution in [0.1, 0.15) is 19.4 Å². The number of hydrogen-bond donors (Lipinski definition) is 2. The second-order valence-corrected chi connectivity index (χ2v) is 6.04. The quantitative estimate of drug-likeness (QED) is 0.820. The van der Waals surface area contributed by atoms with Gasteiger partial charge in [0.05, 0.1) is 5.69 Å². The van der Waals surface area contributed by atoms with Gasteiger partial charge < -0.3 is 15.4 Å². The van der Waals surface area contributed by atoms with E-state index in [1.807, 2.05) is 18.2 Å². The molecule has 26 heavy (non-hydrogen) atoms. The van der Waals surface area contributed by atoms with Crippen LogP contribution in [-0.4, -0.2) is 18.0 Å². The smallest absolute Gasteiger partial charge is 0.408 e. The van der Waals surface area contributed by atoms with Crippen LogP contribution < -0.4 is 10.6 Å². The third-order valence-corrected chi connectivity index (χ3v) is 3.62. The van der Waals surface area contributed by atoms with Gasteiger partial charge in [-0.15, -0.1) is 0 Å². The Kier molecular flexibility index (Phi) is 6.66. The van der Waals surface area contributed by atoms with Gasteiger partial charge in [0.25, 0.3) is 0 Å². The number of ether oxygens (including phenoxy) is 1. The summed E-state index contributed by atoms with van der Waals surface area (Å²) in [6, 6.07) is 11.0. The van der Waals surface area contributed by atoms with Gasteiger partial charge in [-0.3, -0.25) is 4.79 Å². The van der Waals surface area contributed by atoms with E-state index in [4.69, 9.17) is 4.74 Å². The lowest BCUT2D eigenvalue weighted by Crippen LogP contribution is -2.47. The second kappa shape index (κ2) is 8.94. The molecule has 2 aromatic rings. The van der Waals surface area contributed by atoms with E-state index >= 15 is 0 Å². The molecule has 0 spiro atoms. The first-order valence-electron chi connectivity index (χ1n) is 8.10. The lowest BCUT2D eigenvalue weighted by molar-refractivity contribution is -0.119. The van der Waals surface area contributed by atoms with Crippen molar-refractivity contribution in [2.75, 3.05) is 5.32 Å². The summed E-state index contributed by atoms with van der Waals surface area (Å²) in [5, 5.41) is 4.81. The van der Waals surface area contributed by atoms with Gasteiger partial charge in [-0.1, -0.05) is 44.2 Å². The highest BCUT2D eigenvalue weighted by atomic mass is 19.1. The lowest BCUT2D eigenvalue weighted by Gasteiger charge is -2.21. The van der Waals surface area contributed by atoms with Gasteiger partial charge in [-0.2, -0.15) is 0 Å². The van der Waals surface area contributed by atoms with Gasteiger partial charge in [-0.25, -0.2) is 13.6 Å². The highest BCUT2D eigenvalue weighted by Crippen LogP contribution is 2.16. The molecule has 0 aliphatic rings. The van der Waals surface area contributed by atoms with Crippen molar-refractivity contribution in [2.45, 2.75) is 26.5 Å². The fraction of sp³-hybridized carbons (Fsp3) is 0.263. The number of alkyl carbamates (subject to hydrolysis) is 1. The van der Waals surface area contributed by atoms with Crippen molar-refractivity contribution >= 4 is 17.7 Å². The molecule has 0 unspecified atom stereocenters. The van der Waals surface area contributed by atoms with Crippen LogP contribution >= 0.6 is 0 Å². The van der Waals surface area contributed by atoms with E-state index in [0.717, 1.165) is 17.7 Å². The van der Waals surface area contributed by atoms with Crippen LogP contribution in [0.15, 0.2) is 48.5 Å². The van der Waals surface area contributed by atoms with Gasteiger partial charge in [0.2, 0.25) is 5.91 Å². The molecule has 0 saturated carbocycles. The summed E-state index contributed by atoms with van der Waals surface area (Å²) in [5.74, 6) is -2.54. The number of hydrogen-bond acceptors (Lipinski definition) is 3. The number of carbonyl (C=O) groups excluding carboxylic acids is 2. The maximum absolute atomic E-state index is 13.7. The van der Waals surface area contributed by atoms with Crippen molar-refractivity contribution in [3.63, 3.8) is 0 Å². The standard InChI is InChI=1S/C19H20F2N2O3/c1-12(2)17(18(24)22-16-9-8-14(20)10-15(16)21)23-19(25)26-11-13-6-4-3-5-7-13/h3-10,12,17H,11H2,1-2H3,(H,22,24)(H,23,25)/t17-/m0/s1. The van der Waals surface area contributed by atoms with Crippen molar-refractivity contribution in [1.82, 2.24) is 5.32 Å². The van der Waals surface area contributed by atoms with E-state index in [2.05, 4.69) is 10.6 Å². The lowest BCUT2D eigenvalue weighted by atomic mass is 10.0. The van der Waals surface area contributed by atoms with Crippen LogP contribution in [0, 0.1) is 17.6 Å². The number of anilines is 1. The first-order valence-corrected chi connectivity index (χ1v) is 8.10.